The molecule has 0 atom stereocenters. The zero-order valence-corrected chi connectivity index (χ0v) is 10.5. The van der Waals surface area contributed by atoms with Gasteiger partial charge in [-0.05, 0) is 25.1 Å². The fourth-order valence-electron chi connectivity index (χ4n) is 1.58. The molecule has 0 aliphatic rings. The molecule has 16 heavy (non-hydrogen) atoms. The SMILES string of the molecule is Cc1c(-c2cc(Br)ccc2F)nn(C)c1N. The van der Waals surface area contributed by atoms with Gasteiger partial charge in [0.05, 0.1) is 0 Å². The van der Waals surface area contributed by atoms with E-state index in [9.17, 15) is 4.39 Å². The number of anilines is 1. The zero-order chi connectivity index (χ0) is 11.9. The van der Waals surface area contributed by atoms with E-state index >= 15 is 0 Å². The van der Waals surface area contributed by atoms with Gasteiger partial charge in [0, 0.05) is 22.6 Å². The maximum atomic E-state index is 13.7. The zero-order valence-electron chi connectivity index (χ0n) is 8.96. The first-order chi connectivity index (χ1) is 7.50. The van der Waals surface area contributed by atoms with Gasteiger partial charge in [-0.3, -0.25) is 4.68 Å². The summed E-state index contributed by atoms with van der Waals surface area (Å²) in [6.07, 6.45) is 0. The van der Waals surface area contributed by atoms with Crippen molar-refractivity contribution < 1.29 is 4.39 Å². The first-order valence-corrected chi connectivity index (χ1v) is 5.54. The first-order valence-electron chi connectivity index (χ1n) is 4.75. The maximum absolute atomic E-state index is 13.7. The van der Waals surface area contributed by atoms with E-state index in [0.717, 1.165) is 10.0 Å². The van der Waals surface area contributed by atoms with Crippen LogP contribution in [0.25, 0.3) is 11.3 Å². The van der Waals surface area contributed by atoms with Gasteiger partial charge in [0.2, 0.25) is 0 Å². The van der Waals surface area contributed by atoms with E-state index in [-0.39, 0.29) is 5.82 Å². The average molecular weight is 284 g/mol. The Morgan fingerprint density at radius 3 is 2.69 bits per heavy atom. The standard InChI is InChI=1S/C11H11BrFN3/c1-6-10(15-16(2)11(6)14)8-5-7(12)3-4-9(8)13/h3-5H,14H2,1-2H3. The predicted molar refractivity (Wildman–Crippen MR) is 65.5 cm³/mol. The molecule has 84 valence electrons. The number of hydrogen-bond donors (Lipinski definition) is 1. The smallest absolute Gasteiger partial charge is 0.132 e. The largest absolute Gasteiger partial charge is 0.384 e. The van der Waals surface area contributed by atoms with Crippen LogP contribution in [-0.2, 0) is 7.05 Å². The van der Waals surface area contributed by atoms with E-state index in [1.54, 1.807) is 23.9 Å². The van der Waals surface area contributed by atoms with Gasteiger partial charge < -0.3 is 5.73 Å². The number of hydrogen-bond acceptors (Lipinski definition) is 2. The van der Waals surface area contributed by atoms with Crippen molar-refractivity contribution >= 4 is 21.7 Å². The number of aryl methyl sites for hydroxylation is 1. The lowest BCUT2D eigenvalue weighted by molar-refractivity contribution is 0.629. The summed E-state index contributed by atoms with van der Waals surface area (Å²) in [5, 5.41) is 4.21. The third-order valence-electron chi connectivity index (χ3n) is 2.52. The molecule has 0 aliphatic carbocycles. The van der Waals surface area contributed by atoms with Gasteiger partial charge in [-0.25, -0.2) is 4.39 Å². The highest BCUT2D eigenvalue weighted by atomic mass is 79.9. The molecule has 1 heterocycles. The summed E-state index contributed by atoms with van der Waals surface area (Å²) in [7, 11) is 1.74. The van der Waals surface area contributed by atoms with Crippen molar-refractivity contribution in [2.75, 3.05) is 5.73 Å². The Hall–Kier alpha value is -1.36. The fourth-order valence-corrected chi connectivity index (χ4v) is 1.94. The molecule has 0 fully saturated rings. The van der Waals surface area contributed by atoms with Crippen molar-refractivity contribution in [2.45, 2.75) is 6.92 Å². The summed E-state index contributed by atoms with van der Waals surface area (Å²) >= 11 is 3.31. The molecule has 3 nitrogen and oxygen atoms in total. The number of aromatic nitrogens is 2. The molecule has 0 spiro atoms. The molecule has 5 heteroatoms. The second kappa shape index (κ2) is 3.90. The average Bonchev–Trinajstić information content (AvgIpc) is 2.50. The van der Waals surface area contributed by atoms with Crippen molar-refractivity contribution in [3.63, 3.8) is 0 Å². The van der Waals surface area contributed by atoms with Gasteiger partial charge in [0.25, 0.3) is 0 Å². The summed E-state index contributed by atoms with van der Waals surface area (Å²) in [4.78, 5) is 0. The lowest BCUT2D eigenvalue weighted by atomic mass is 10.1. The molecule has 1 aromatic carbocycles. The number of nitrogen functional groups attached to an aromatic ring is 1. The highest BCUT2D eigenvalue weighted by Gasteiger charge is 2.15. The van der Waals surface area contributed by atoms with Gasteiger partial charge in [-0.15, -0.1) is 0 Å². The third kappa shape index (κ3) is 1.71. The third-order valence-corrected chi connectivity index (χ3v) is 3.01. The Bertz CT molecular complexity index is 548. The Balaban J connectivity index is 2.67. The first kappa shape index (κ1) is 11.1. The second-order valence-electron chi connectivity index (χ2n) is 3.61. The molecule has 1 aromatic heterocycles. The number of nitrogens with zero attached hydrogens (tertiary/aromatic N) is 2. The molecule has 2 aromatic rings. The summed E-state index contributed by atoms with van der Waals surface area (Å²) < 4.78 is 16.0. The lowest BCUT2D eigenvalue weighted by Gasteiger charge is -2.01. The number of rotatable bonds is 1. The van der Waals surface area contributed by atoms with Crippen LogP contribution < -0.4 is 5.73 Å². The number of halogens is 2. The summed E-state index contributed by atoms with van der Waals surface area (Å²) in [6.45, 7) is 1.83. The maximum Gasteiger partial charge on any atom is 0.132 e. The minimum Gasteiger partial charge on any atom is -0.384 e. The molecule has 0 saturated carbocycles. The van der Waals surface area contributed by atoms with Crippen molar-refractivity contribution in [1.29, 1.82) is 0 Å². The number of nitrogens with two attached hydrogens (primary N) is 1. The Labute approximate surface area is 101 Å². The molecule has 2 N–H and O–H groups in total. The van der Waals surface area contributed by atoms with Gasteiger partial charge in [0.15, 0.2) is 0 Å². The minimum atomic E-state index is -0.301. The van der Waals surface area contributed by atoms with Gasteiger partial charge in [-0.2, -0.15) is 5.10 Å². The quantitative estimate of drug-likeness (QED) is 0.875. The fraction of sp³-hybridized carbons (Fsp3) is 0.182. The van der Waals surface area contributed by atoms with Crippen molar-refractivity contribution in [1.82, 2.24) is 9.78 Å². The van der Waals surface area contributed by atoms with E-state index < -0.39 is 0 Å². The predicted octanol–water partition coefficient (Wildman–Crippen LogP) is 2.88. The highest BCUT2D eigenvalue weighted by Crippen LogP contribution is 2.29. The van der Waals surface area contributed by atoms with E-state index in [2.05, 4.69) is 21.0 Å². The molecule has 0 unspecified atom stereocenters. The van der Waals surface area contributed by atoms with Gasteiger partial charge >= 0.3 is 0 Å². The molecule has 0 amide bonds. The minimum absolute atomic E-state index is 0.301. The normalized spacial score (nSPS) is 10.8. The Morgan fingerprint density at radius 1 is 1.44 bits per heavy atom. The summed E-state index contributed by atoms with van der Waals surface area (Å²) in [6, 6.07) is 4.76. The summed E-state index contributed by atoms with van der Waals surface area (Å²) in [5.74, 6) is 0.249. The van der Waals surface area contributed by atoms with E-state index in [4.69, 9.17) is 5.73 Å². The van der Waals surface area contributed by atoms with E-state index in [1.165, 1.54) is 6.07 Å². The van der Waals surface area contributed by atoms with Crippen molar-refractivity contribution in [3.8, 4) is 11.3 Å². The molecule has 0 aliphatic heterocycles. The van der Waals surface area contributed by atoms with Crippen LogP contribution in [0.5, 0.6) is 0 Å². The van der Waals surface area contributed by atoms with Crippen LogP contribution in [0.2, 0.25) is 0 Å². The second-order valence-corrected chi connectivity index (χ2v) is 4.52. The Morgan fingerprint density at radius 2 is 2.12 bits per heavy atom. The topological polar surface area (TPSA) is 43.8 Å². The van der Waals surface area contributed by atoms with Crippen LogP contribution in [0, 0.1) is 12.7 Å². The van der Waals surface area contributed by atoms with Gasteiger partial charge in [-0.1, -0.05) is 15.9 Å². The molecule has 2 rings (SSSR count). The summed E-state index contributed by atoms with van der Waals surface area (Å²) in [5.41, 5.74) is 7.63. The van der Waals surface area contributed by atoms with Crippen molar-refractivity contribution in [3.05, 3.63) is 34.1 Å². The van der Waals surface area contributed by atoms with Crippen molar-refractivity contribution in [2.24, 2.45) is 7.05 Å². The van der Waals surface area contributed by atoms with Crippen LogP contribution in [-0.4, -0.2) is 9.78 Å². The van der Waals surface area contributed by atoms with Crippen LogP contribution in [0.15, 0.2) is 22.7 Å². The molecule has 0 bridgehead atoms. The van der Waals surface area contributed by atoms with Crippen LogP contribution >= 0.6 is 15.9 Å². The van der Waals surface area contributed by atoms with Crippen LogP contribution in [0.4, 0.5) is 10.2 Å². The number of benzene rings is 1. The monoisotopic (exact) mass is 283 g/mol. The van der Waals surface area contributed by atoms with E-state index in [0.29, 0.717) is 17.1 Å². The molecular weight excluding hydrogens is 273 g/mol. The molecule has 0 radical (unpaired) electrons. The van der Waals surface area contributed by atoms with Crippen LogP contribution in [0.1, 0.15) is 5.56 Å². The lowest BCUT2D eigenvalue weighted by Crippen LogP contribution is -1.97. The van der Waals surface area contributed by atoms with Crippen LogP contribution in [0.3, 0.4) is 0 Å². The Kier molecular flexibility index (Phi) is 2.71. The highest BCUT2D eigenvalue weighted by molar-refractivity contribution is 9.10. The van der Waals surface area contributed by atoms with E-state index in [1.807, 2.05) is 6.92 Å². The van der Waals surface area contributed by atoms with Gasteiger partial charge in [0.1, 0.15) is 17.3 Å². The molecular formula is C11H11BrFN3. The molecule has 0 saturated heterocycles.